The van der Waals surface area contributed by atoms with Crippen molar-refractivity contribution in [2.24, 2.45) is 0 Å². The minimum Gasteiger partial charge on any atom is -0.345 e. The zero-order valence-electron chi connectivity index (χ0n) is 18.3. The normalized spacial score (nSPS) is 15.9. The average Bonchev–Trinajstić information content (AvgIpc) is 3.55. The average molecular weight is 608 g/mol. The molecule has 0 bridgehead atoms. The van der Waals surface area contributed by atoms with Crippen LogP contribution in [-0.4, -0.2) is 36.3 Å². The highest BCUT2D eigenvalue weighted by Crippen LogP contribution is 2.41. The number of alkyl halides is 6. The number of amides is 2. The highest BCUT2D eigenvalue weighted by atomic mass is 35.5. The molecule has 37 heavy (non-hydrogen) atoms. The van der Waals surface area contributed by atoms with Gasteiger partial charge in [-0.2, -0.15) is 26.3 Å². The zero-order chi connectivity index (χ0) is 27.8. The Morgan fingerprint density at radius 2 is 1.54 bits per heavy atom. The van der Waals surface area contributed by atoms with E-state index >= 15 is 0 Å². The van der Waals surface area contributed by atoms with Crippen LogP contribution >= 0.6 is 46.4 Å². The molecule has 1 aliphatic rings. The lowest BCUT2D eigenvalue weighted by molar-refractivity contribution is -0.140. The first-order chi connectivity index (χ1) is 17.0. The molecule has 3 rings (SSSR count). The quantitative estimate of drug-likeness (QED) is 0.252. The maximum atomic E-state index is 13.7. The van der Waals surface area contributed by atoms with E-state index in [2.05, 4.69) is 5.32 Å². The van der Waals surface area contributed by atoms with Crippen LogP contribution in [0.15, 0.2) is 36.4 Å². The van der Waals surface area contributed by atoms with E-state index in [1.54, 1.807) is 5.32 Å². The lowest BCUT2D eigenvalue weighted by Gasteiger charge is -2.19. The van der Waals surface area contributed by atoms with Crippen molar-refractivity contribution in [3.63, 3.8) is 0 Å². The van der Waals surface area contributed by atoms with Crippen molar-refractivity contribution in [3.8, 4) is 0 Å². The van der Waals surface area contributed by atoms with Gasteiger partial charge in [0, 0.05) is 0 Å². The van der Waals surface area contributed by atoms with Gasteiger partial charge in [-0.25, -0.2) is 0 Å². The molecule has 1 aliphatic carbocycles. The molecule has 1 atom stereocenters. The molecule has 1 fully saturated rings. The fourth-order valence-corrected chi connectivity index (χ4v) is 4.25. The predicted octanol–water partition coefficient (Wildman–Crippen LogP) is 7.60. The highest BCUT2D eigenvalue weighted by molar-refractivity contribution is 6.48. The van der Waals surface area contributed by atoms with E-state index in [9.17, 15) is 35.9 Å². The van der Waals surface area contributed by atoms with Gasteiger partial charge in [0.25, 0.3) is 5.91 Å². The van der Waals surface area contributed by atoms with Crippen molar-refractivity contribution in [1.82, 2.24) is 10.6 Å². The van der Waals surface area contributed by atoms with Gasteiger partial charge in [0.15, 0.2) is 0 Å². The number of hydrogen-bond acceptors (Lipinski definition) is 2. The van der Waals surface area contributed by atoms with Crippen molar-refractivity contribution >= 4 is 64.3 Å². The minimum atomic E-state index is -4.70. The van der Waals surface area contributed by atoms with E-state index < -0.39 is 42.2 Å². The Balaban J connectivity index is 1.76. The zero-order valence-corrected chi connectivity index (χ0v) is 21.4. The summed E-state index contributed by atoms with van der Waals surface area (Å²) in [5, 5.41) is 3.59. The third-order valence-corrected chi connectivity index (χ3v) is 6.93. The summed E-state index contributed by atoms with van der Waals surface area (Å²) in [7, 11) is 0. The maximum Gasteiger partial charge on any atom is 0.405 e. The highest BCUT2D eigenvalue weighted by Gasteiger charge is 2.52. The fourth-order valence-electron chi connectivity index (χ4n) is 3.36. The van der Waals surface area contributed by atoms with E-state index in [0.717, 1.165) is 24.3 Å². The van der Waals surface area contributed by atoms with Gasteiger partial charge in [0.05, 0.1) is 31.6 Å². The summed E-state index contributed by atoms with van der Waals surface area (Å²) in [6, 6.07) is 5.87. The second-order valence-corrected chi connectivity index (χ2v) is 9.85. The Morgan fingerprint density at radius 1 is 0.946 bits per heavy atom. The number of carbonyl (C=O) groups is 2. The van der Waals surface area contributed by atoms with Crippen LogP contribution in [-0.2, 0) is 4.79 Å². The summed E-state index contributed by atoms with van der Waals surface area (Å²) in [6.07, 6.45) is -7.05. The number of benzene rings is 2. The van der Waals surface area contributed by atoms with Crippen molar-refractivity contribution in [3.05, 3.63) is 73.2 Å². The van der Waals surface area contributed by atoms with E-state index in [4.69, 9.17) is 46.4 Å². The van der Waals surface area contributed by atoms with Gasteiger partial charge in [-0.15, -0.1) is 0 Å². The van der Waals surface area contributed by atoms with Gasteiger partial charge in [-0.1, -0.05) is 64.6 Å². The summed E-state index contributed by atoms with van der Waals surface area (Å²) >= 11 is 23.7. The molecule has 0 aromatic heterocycles. The van der Waals surface area contributed by atoms with E-state index in [-0.39, 0.29) is 49.6 Å². The van der Waals surface area contributed by atoms with Crippen molar-refractivity contribution < 1.29 is 35.9 Å². The molecule has 2 aromatic carbocycles. The molecule has 0 aliphatic heterocycles. The molecule has 0 spiro atoms. The van der Waals surface area contributed by atoms with Crippen LogP contribution < -0.4 is 10.6 Å². The van der Waals surface area contributed by atoms with Gasteiger partial charge in [-0.3, -0.25) is 9.59 Å². The monoisotopic (exact) mass is 606 g/mol. The molecule has 2 amide bonds. The minimum absolute atomic E-state index is 0.0801. The van der Waals surface area contributed by atoms with Gasteiger partial charge in [0.1, 0.15) is 12.1 Å². The Morgan fingerprint density at radius 3 is 2.03 bits per heavy atom. The molecule has 200 valence electrons. The van der Waals surface area contributed by atoms with Crippen LogP contribution in [0.2, 0.25) is 20.1 Å². The molecular formula is C23H16Cl4F6N2O2. The maximum absolute atomic E-state index is 13.7. The number of allylic oxidation sites excluding steroid dienone is 1. The van der Waals surface area contributed by atoms with Gasteiger partial charge in [0.2, 0.25) is 5.91 Å². The first kappa shape index (κ1) is 29.4. The Bertz CT molecular complexity index is 1220. The van der Waals surface area contributed by atoms with Crippen LogP contribution in [0.25, 0.3) is 6.08 Å². The molecular weight excluding hydrogens is 592 g/mol. The van der Waals surface area contributed by atoms with Crippen LogP contribution in [0.3, 0.4) is 0 Å². The Kier molecular flexibility index (Phi) is 8.68. The SMILES string of the molecule is O=C(NC1(C(=O)NCC(F)(F)F)CC1)c1ccc(/C=C/[C@H](c2cc(Cl)c(Cl)c(Cl)c2)C(F)(F)F)cc1Cl. The first-order valence-electron chi connectivity index (χ1n) is 10.4. The number of hydrogen-bond donors (Lipinski definition) is 2. The van der Waals surface area contributed by atoms with Crippen LogP contribution in [0, 0.1) is 0 Å². The number of rotatable bonds is 7. The summed E-state index contributed by atoms with van der Waals surface area (Å²) < 4.78 is 78.3. The Hall–Kier alpha value is -2.14. The molecule has 0 saturated heterocycles. The lowest BCUT2D eigenvalue weighted by Crippen LogP contribution is -2.50. The number of halogens is 10. The van der Waals surface area contributed by atoms with E-state index in [1.165, 1.54) is 18.2 Å². The number of carbonyl (C=O) groups excluding carboxylic acids is 2. The molecule has 1 saturated carbocycles. The summed E-state index contributed by atoms with van der Waals surface area (Å²) in [6.45, 7) is -1.54. The smallest absolute Gasteiger partial charge is 0.345 e. The molecule has 4 nitrogen and oxygen atoms in total. The van der Waals surface area contributed by atoms with Crippen molar-refractivity contribution in [1.29, 1.82) is 0 Å². The van der Waals surface area contributed by atoms with Crippen molar-refractivity contribution in [2.75, 3.05) is 6.54 Å². The van der Waals surface area contributed by atoms with Gasteiger partial charge < -0.3 is 10.6 Å². The fraction of sp³-hybridized carbons (Fsp3) is 0.304. The molecule has 0 heterocycles. The molecule has 14 heteroatoms. The largest absolute Gasteiger partial charge is 0.405 e. The molecule has 0 unspecified atom stereocenters. The van der Waals surface area contributed by atoms with Gasteiger partial charge in [-0.05, 0) is 48.2 Å². The second kappa shape index (κ2) is 10.9. The molecule has 0 radical (unpaired) electrons. The summed E-state index contributed by atoms with van der Waals surface area (Å²) in [5.74, 6) is -3.89. The lowest BCUT2D eigenvalue weighted by atomic mass is 9.97. The predicted molar refractivity (Wildman–Crippen MR) is 129 cm³/mol. The molecule has 2 aromatic rings. The Labute approximate surface area is 226 Å². The standard InChI is InChI=1S/C23H16Cl4F6N2O2/c24-15-7-11(2-4-14(23(31,32)33)12-8-16(25)18(27)17(26)9-12)1-3-13(15)19(36)35-21(5-6-21)20(37)34-10-22(28,29)30/h1-4,7-9,14H,5-6,10H2,(H,34,37)(H,35,36)/b4-2+/t14-/m1/s1. The number of nitrogens with one attached hydrogen (secondary N) is 2. The van der Waals surface area contributed by atoms with Crippen LogP contribution in [0.5, 0.6) is 0 Å². The van der Waals surface area contributed by atoms with E-state index in [0.29, 0.717) is 0 Å². The third kappa shape index (κ3) is 7.46. The second-order valence-electron chi connectivity index (χ2n) is 8.25. The summed E-state index contributed by atoms with van der Waals surface area (Å²) in [4.78, 5) is 24.7. The molecule has 2 N–H and O–H groups in total. The topological polar surface area (TPSA) is 58.2 Å². The van der Waals surface area contributed by atoms with Gasteiger partial charge >= 0.3 is 12.4 Å². The summed E-state index contributed by atoms with van der Waals surface area (Å²) in [5.41, 5.74) is -1.63. The van der Waals surface area contributed by atoms with Crippen molar-refractivity contribution in [2.45, 2.75) is 36.7 Å². The van der Waals surface area contributed by atoms with E-state index in [1.807, 2.05) is 0 Å². The third-order valence-electron chi connectivity index (χ3n) is 5.42. The first-order valence-corrected chi connectivity index (χ1v) is 11.9. The van der Waals surface area contributed by atoms with Crippen LogP contribution in [0.4, 0.5) is 26.3 Å². The van der Waals surface area contributed by atoms with Crippen LogP contribution in [0.1, 0.15) is 40.2 Å².